The number of hydrogen-bond donors (Lipinski definition) is 2. The maximum Gasteiger partial charge on any atom is 0.303 e. The van der Waals surface area contributed by atoms with Crippen LogP contribution in [-0.2, 0) is 14.4 Å². The number of rotatable bonds is 10. The van der Waals surface area contributed by atoms with E-state index < -0.39 is 5.97 Å². The maximum absolute atomic E-state index is 12.4. The van der Waals surface area contributed by atoms with E-state index in [0.29, 0.717) is 19.5 Å². The first-order valence-electron chi connectivity index (χ1n) is 9.76. The van der Waals surface area contributed by atoms with Gasteiger partial charge in [-0.15, -0.1) is 0 Å². The van der Waals surface area contributed by atoms with E-state index >= 15 is 0 Å². The van der Waals surface area contributed by atoms with E-state index in [9.17, 15) is 14.4 Å². The molecule has 1 aliphatic heterocycles. The fraction of sp³-hybridized carbons (Fsp3) is 0.571. The molecule has 6 heteroatoms. The van der Waals surface area contributed by atoms with E-state index in [1.165, 1.54) is 0 Å². The number of nitrogens with zero attached hydrogens (tertiary/aromatic N) is 1. The van der Waals surface area contributed by atoms with Crippen LogP contribution >= 0.6 is 0 Å². The quantitative estimate of drug-likeness (QED) is 0.616. The molecule has 148 valence electrons. The van der Waals surface area contributed by atoms with Crippen LogP contribution in [0, 0.1) is 19.8 Å². The molecule has 1 aromatic rings. The first kappa shape index (κ1) is 20.9. The Bertz CT molecular complexity index is 687. The van der Waals surface area contributed by atoms with Gasteiger partial charge in [0.05, 0.1) is 5.92 Å². The molecule has 0 bridgehead atoms. The van der Waals surface area contributed by atoms with Crippen molar-refractivity contribution < 1.29 is 19.5 Å². The third-order valence-corrected chi connectivity index (χ3v) is 5.23. The molecule has 2 rings (SSSR count). The first-order valence-corrected chi connectivity index (χ1v) is 9.76. The summed E-state index contributed by atoms with van der Waals surface area (Å²) in [7, 11) is 0. The minimum absolute atomic E-state index is 0.00211. The second kappa shape index (κ2) is 10.1. The zero-order valence-electron chi connectivity index (χ0n) is 16.3. The van der Waals surface area contributed by atoms with Gasteiger partial charge in [0, 0.05) is 31.6 Å². The van der Waals surface area contributed by atoms with Crippen molar-refractivity contribution in [1.29, 1.82) is 0 Å². The number of amides is 2. The van der Waals surface area contributed by atoms with Crippen LogP contribution in [0.3, 0.4) is 0 Å². The fourth-order valence-electron chi connectivity index (χ4n) is 3.43. The lowest BCUT2D eigenvalue weighted by molar-refractivity contribution is -0.137. The Morgan fingerprint density at radius 2 is 1.85 bits per heavy atom. The number of anilines is 1. The zero-order valence-corrected chi connectivity index (χ0v) is 16.3. The van der Waals surface area contributed by atoms with Crippen LogP contribution in [0.1, 0.15) is 56.1 Å². The van der Waals surface area contributed by atoms with Crippen molar-refractivity contribution >= 4 is 23.5 Å². The van der Waals surface area contributed by atoms with Crippen molar-refractivity contribution in [2.45, 2.75) is 58.8 Å². The van der Waals surface area contributed by atoms with Gasteiger partial charge in [0.15, 0.2) is 0 Å². The standard InChI is InChI=1S/C21H30N2O4/c1-15-9-8-10-18(16(15)2)23-14-17(13-19(23)24)21(27)22-12-7-5-3-4-6-11-20(25)26/h8-10,17H,3-7,11-14H2,1-2H3,(H,22,27)(H,25,26). The highest BCUT2D eigenvalue weighted by molar-refractivity contribution is 6.00. The van der Waals surface area contributed by atoms with Crippen LogP contribution in [0.15, 0.2) is 18.2 Å². The molecule has 1 fully saturated rings. The van der Waals surface area contributed by atoms with Crippen molar-refractivity contribution in [2.24, 2.45) is 5.92 Å². The van der Waals surface area contributed by atoms with E-state index in [4.69, 9.17) is 5.11 Å². The number of carboxylic acid groups (broad SMARTS) is 1. The molecule has 1 aliphatic rings. The highest BCUT2D eigenvalue weighted by Gasteiger charge is 2.35. The Morgan fingerprint density at radius 3 is 2.59 bits per heavy atom. The topological polar surface area (TPSA) is 86.7 Å². The van der Waals surface area contributed by atoms with Crippen LogP contribution in [0.4, 0.5) is 5.69 Å². The number of aliphatic carboxylic acids is 1. The second-order valence-electron chi connectivity index (χ2n) is 7.33. The summed E-state index contributed by atoms with van der Waals surface area (Å²) in [6, 6.07) is 5.89. The molecule has 1 aromatic carbocycles. The van der Waals surface area contributed by atoms with Gasteiger partial charge in [-0.25, -0.2) is 0 Å². The smallest absolute Gasteiger partial charge is 0.303 e. The summed E-state index contributed by atoms with van der Waals surface area (Å²) in [6.45, 7) is 5.06. The lowest BCUT2D eigenvalue weighted by Crippen LogP contribution is -2.33. The van der Waals surface area contributed by atoms with Crippen molar-refractivity contribution in [3.8, 4) is 0 Å². The molecule has 1 heterocycles. The molecule has 0 aromatic heterocycles. The number of aryl methyl sites for hydroxylation is 1. The van der Waals surface area contributed by atoms with Gasteiger partial charge in [-0.3, -0.25) is 14.4 Å². The van der Waals surface area contributed by atoms with Gasteiger partial charge in [0.25, 0.3) is 0 Å². The van der Waals surface area contributed by atoms with E-state index in [0.717, 1.165) is 42.5 Å². The van der Waals surface area contributed by atoms with Crippen LogP contribution < -0.4 is 10.2 Å². The molecule has 1 atom stereocenters. The first-order chi connectivity index (χ1) is 12.9. The van der Waals surface area contributed by atoms with Crippen molar-refractivity contribution in [3.05, 3.63) is 29.3 Å². The van der Waals surface area contributed by atoms with Gasteiger partial charge in [-0.1, -0.05) is 31.4 Å². The summed E-state index contributed by atoms with van der Waals surface area (Å²) in [6.07, 6.45) is 4.92. The minimum atomic E-state index is -0.747. The molecular weight excluding hydrogens is 344 g/mol. The van der Waals surface area contributed by atoms with Gasteiger partial charge in [0.2, 0.25) is 11.8 Å². The number of unbranched alkanes of at least 4 members (excludes halogenated alkanes) is 4. The van der Waals surface area contributed by atoms with Gasteiger partial charge in [0.1, 0.15) is 0 Å². The molecule has 0 aliphatic carbocycles. The number of carbonyl (C=O) groups is 3. The van der Waals surface area contributed by atoms with Crippen LogP contribution in [0.5, 0.6) is 0 Å². The summed E-state index contributed by atoms with van der Waals surface area (Å²) in [5.41, 5.74) is 3.11. The lowest BCUT2D eigenvalue weighted by Gasteiger charge is -2.20. The molecule has 0 saturated carbocycles. The van der Waals surface area contributed by atoms with Crippen molar-refractivity contribution in [3.63, 3.8) is 0 Å². The second-order valence-corrected chi connectivity index (χ2v) is 7.33. The van der Waals surface area contributed by atoms with Crippen LogP contribution in [0.25, 0.3) is 0 Å². The van der Waals surface area contributed by atoms with Crippen molar-refractivity contribution in [2.75, 3.05) is 18.0 Å². The summed E-state index contributed by atoms with van der Waals surface area (Å²) < 4.78 is 0. The van der Waals surface area contributed by atoms with Gasteiger partial charge in [-0.2, -0.15) is 0 Å². The molecule has 2 N–H and O–H groups in total. The average molecular weight is 374 g/mol. The highest BCUT2D eigenvalue weighted by Crippen LogP contribution is 2.29. The molecule has 1 saturated heterocycles. The molecule has 6 nitrogen and oxygen atoms in total. The molecule has 0 radical (unpaired) electrons. The van der Waals surface area contributed by atoms with E-state index in [2.05, 4.69) is 5.32 Å². The number of carboxylic acids is 1. The summed E-state index contributed by atoms with van der Waals surface area (Å²) >= 11 is 0. The highest BCUT2D eigenvalue weighted by atomic mass is 16.4. The van der Waals surface area contributed by atoms with Crippen molar-refractivity contribution in [1.82, 2.24) is 5.32 Å². The normalized spacial score (nSPS) is 16.6. The van der Waals surface area contributed by atoms with E-state index in [1.807, 2.05) is 32.0 Å². The molecule has 1 unspecified atom stereocenters. The Balaban J connectivity index is 1.71. The average Bonchev–Trinajstić information content (AvgIpc) is 3.01. The van der Waals surface area contributed by atoms with E-state index in [-0.39, 0.29) is 30.6 Å². The SMILES string of the molecule is Cc1cccc(N2CC(C(=O)NCCCCCCCC(=O)O)CC2=O)c1C. The minimum Gasteiger partial charge on any atom is -0.481 e. The molecule has 0 spiro atoms. The number of nitrogens with one attached hydrogen (secondary N) is 1. The largest absolute Gasteiger partial charge is 0.481 e. The third kappa shape index (κ3) is 6.08. The number of carbonyl (C=O) groups excluding carboxylic acids is 2. The predicted molar refractivity (Wildman–Crippen MR) is 105 cm³/mol. The Labute approximate surface area is 160 Å². The lowest BCUT2D eigenvalue weighted by atomic mass is 10.1. The van der Waals surface area contributed by atoms with Gasteiger partial charge in [-0.05, 0) is 43.9 Å². The monoisotopic (exact) mass is 374 g/mol. The Morgan fingerprint density at radius 1 is 1.15 bits per heavy atom. The summed E-state index contributed by atoms with van der Waals surface area (Å²) in [5, 5.41) is 11.5. The predicted octanol–water partition coefficient (Wildman–Crippen LogP) is 3.20. The van der Waals surface area contributed by atoms with Gasteiger partial charge >= 0.3 is 5.97 Å². The molecule has 2 amide bonds. The van der Waals surface area contributed by atoms with Gasteiger partial charge < -0.3 is 15.3 Å². The Hall–Kier alpha value is -2.37. The van der Waals surface area contributed by atoms with Crippen LogP contribution in [0.2, 0.25) is 0 Å². The van der Waals surface area contributed by atoms with Crippen LogP contribution in [-0.4, -0.2) is 36.0 Å². The summed E-state index contributed by atoms with van der Waals surface area (Å²) in [5.74, 6) is -1.10. The third-order valence-electron chi connectivity index (χ3n) is 5.23. The number of hydrogen-bond acceptors (Lipinski definition) is 3. The fourth-order valence-corrected chi connectivity index (χ4v) is 3.43. The summed E-state index contributed by atoms with van der Waals surface area (Å²) in [4.78, 5) is 36.9. The Kier molecular flexibility index (Phi) is 7.82. The zero-order chi connectivity index (χ0) is 19.8. The number of benzene rings is 1. The molecular formula is C21H30N2O4. The van der Waals surface area contributed by atoms with E-state index in [1.54, 1.807) is 4.90 Å². The molecule has 27 heavy (non-hydrogen) atoms. The maximum atomic E-state index is 12.4.